The van der Waals surface area contributed by atoms with Gasteiger partial charge in [-0.1, -0.05) is 37.6 Å². The molecule has 1 fully saturated rings. The van der Waals surface area contributed by atoms with E-state index in [1.165, 1.54) is 31.7 Å². The number of esters is 1. The van der Waals surface area contributed by atoms with Gasteiger partial charge in [-0.05, 0) is 19.3 Å². The summed E-state index contributed by atoms with van der Waals surface area (Å²) in [4.78, 5) is 11.9. The number of unbranched alkanes of at least 4 members (excludes halogenated alkanes) is 1. The van der Waals surface area contributed by atoms with Gasteiger partial charge in [-0.2, -0.15) is 0 Å². The Labute approximate surface area is 130 Å². The lowest BCUT2D eigenvalue weighted by Crippen LogP contribution is -2.19. The summed E-state index contributed by atoms with van der Waals surface area (Å²) in [5.41, 5.74) is 0. The van der Waals surface area contributed by atoms with Crippen LogP contribution in [0.25, 0.3) is 0 Å². The minimum Gasteiger partial charge on any atom is -0.468 e. The molecule has 0 saturated heterocycles. The van der Waals surface area contributed by atoms with E-state index in [4.69, 9.17) is 4.74 Å². The first-order chi connectivity index (χ1) is 10.2. The molecule has 1 atom stereocenters. The molecule has 0 aromatic carbocycles. The Morgan fingerprint density at radius 1 is 1.57 bits per heavy atom. The van der Waals surface area contributed by atoms with Gasteiger partial charge in [-0.3, -0.25) is 4.79 Å². The number of nitrogens with zero attached hydrogens (tertiary/aromatic N) is 3. The fourth-order valence-electron chi connectivity index (χ4n) is 2.20. The number of carbonyl (C=O) groups excluding carboxylic acids is 1. The second-order valence-electron chi connectivity index (χ2n) is 5.29. The van der Waals surface area contributed by atoms with E-state index in [2.05, 4.69) is 28.3 Å². The third-order valence-corrected chi connectivity index (χ3v) is 4.76. The number of carbonyl (C=O) groups is 1. The second kappa shape index (κ2) is 7.64. The van der Waals surface area contributed by atoms with Crippen LogP contribution in [0, 0.1) is 0 Å². The molecule has 5 nitrogen and oxygen atoms in total. The maximum atomic E-state index is 11.9. The first-order valence-electron chi connectivity index (χ1n) is 7.49. The number of methoxy groups -OCH3 is 1. The number of aromatic nitrogens is 3. The number of rotatable bonds is 9. The van der Waals surface area contributed by atoms with Crippen LogP contribution in [-0.4, -0.2) is 33.1 Å². The van der Waals surface area contributed by atoms with Crippen molar-refractivity contribution in [1.82, 2.24) is 14.8 Å². The summed E-state index contributed by atoms with van der Waals surface area (Å²) in [6.07, 6.45) is 7.05. The Hall–Kier alpha value is -1.30. The molecule has 0 bridgehead atoms. The fourth-order valence-corrected chi connectivity index (χ4v) is 3.32. The molecule has 0 radical (unpaired) electrons. The molecule has 1 heterocycles. The Morgan fingerprint density at radius 2 is 2.33 bits per heavy atom. The number of thioether (sulfide) groups is 1. The van der Waals surface area contributed by atoms with Gasteiger partial charge >= 0.3 is 5.97 Å². The molecule has 1 aromatic rings. The highest BCUT2D eigenvalue weighted by Gasteiger charge is 2.31. The van der Waals surface area contributed by atoms with Crippen LogP contribution in [0.15, 0.2) is 17.8 Å². The van der Waals surface area contributed by atoms with E-state index in [1.807, 2.05) is 6.08 Å². The van der Waals surface area contributed by atoms with Crippen molar-refractivity contribution in [3.05, 3.63) is 18.5 Å². The van der Waals surface area contributed by atoms with Crippen molar-refractivity contribution in [2.24, 2.45) is 0 Å². The normalized spacial score (nSPS) is 15.7. The molecule has 1 aliphatic carbocycles. The van der Waals surface area contributed by atoms with Gasteiger partial charge in [0.25, 0.3) is 0 Å². The zero-order chi connectivity index (χ0) is 15.2. The first-order valence-corrected chi connectivity index (χ1v) is 8.37. The standard InChI is InChI=1S/C15H23N3O2S/c1-4-6-7-12(14(19)20-3)21-15-17-16-13(11-8-9-11)18(15)10-5-2/h5,11-12H,2,4,6-10H2,1,3H3. The zero-order valence-electron chi connectivity index (χ0n) is 12.7. The van der Waals surface area contributed by atoms with Crippen molar-refractivity contribution in [2.45, 2.75) is 61.9 Å². The van der Waals surface area contributed by atoms with Crippen LogP contribution in [0.3, 0.4) is 0 Å². The van der Waals surface area contributed by atoms with Crippen LogP contribution >= 0.6 is 11.8 Å². The number of allylic oxidation sites excluding steroid dienone is 1. The van der Waals surface area contributed by atoms with Crippen molar-refractivity contribution in [3.63, 3.8) is 0 Å². The monoisotopic (exact) mass is 309 g/mol. The van der Waals surface area contributed by atoms with Crippen LogP contribution in [-0.2, 0) is 16.1 Å². The van der Waals surface area contributed by atoms with E-state index in [9.17, 15) is 4.79 Å². The lowest BCUT2D eigenvalue weighted by atomic mass is 10.2. The van der Waals surface area contributed by atoms with E-state index in [0.29, 0.717) is 12.5 Å². The molecule has 21 heavy (non-hydrogen) atoms. The van der Waals surface area contributed by atoms with E-state index in [0.717, 1.165) is 30.2 Å². The molecule has 0 N–H and O–H groups in total. The molecule has 116 valence electrons. The Morgan fingerprint density at radius 3 is 2.90 bits per heavy atom. The molecule has 2 rings (SSSR count). The Bertz CT molecular complexity index is 497. The van der Waals surface area contributed by atoms with Gasteiger partial charge < -0.3 is 9.30 Å². The van der Waals surface area contributed by atoms with E-state index >= 15 is 0 Å². The minimum atomic E-state index is -0.213. The summed E-state index contributed by atoms with van der Waals surface area (Å²) < 4.78 is 6.99. The summed E-state index contributed by atoms with van der Waals surface area (Å²) in [6.45, 7) is 6.60. The summed E-state index contributed by atoms with van der Waals surface area (Å²) in [5.74, 6) is 1.37. The molecular weight excluding hydrogens is 286 g/mol. The summed E-state index contributed by atoms with van der Waals surface area (Å²) in [6, 6.07) is 0. The van der Waals surface area contributed by atoms with Gasteiger partial charge in [0.1, 0.15) is 11.1 Å². The topological polar surface area (TPSA) is 57.0 Å². The van der Waals surface area contributed by atoms with Crippen LogP contribution in [0.1, 0.15) is 50.8 Å². The van der Waals surface area contributed by atoms with Crippen molar-refractivity contribution in [2.75, 3.05) is 7.11 Å². The lowest BCUT2D eigenvalue weighted by Gasteiger charge is -2.14. The minimum absolute atomic E-state index is 0.186. The molecule has 1 unspecified atom stereocenters. The molecule has 6 heteroatoms. The zero-order valence-corrected chi connectivity index (χ0v) is 13.6. The van der Waals surface area contributed by atoms with Crippen LogP contribution < -0.4 is 0 Å². The average molecular weight is 309 g/mol. The number of hydrogen-bond donors (Lipinski definition) is 0. The van der Waals surface area contributed by atoms with Gasteiger partial charge in [-0.25, -0.2) is 0 Å². The molecular formula is C15H23N3O2S. The summed E-state index contributed by atoms with van der Waals surface area (Å²) >= 11 is 1.46. The molecule has 1 aromatic heterocycles. The van der Waals surface area contributed by atoms with Gasteiger partial charge in [0.2, 0.25) is 0 Å². The molecule has 1 saturated carbocycles. The highest BCUT2D eigenvalue weighted by Crippen LogP contribution is 2.40. The van der Waals surface area contributed by atoms with Gasteiger partial charge in [0.15, 0.2) is 5.16 Å². The third kappa shape index (κ3) is 4.09. The van der Waals surface area contributed by atoms with Crippen LogP contribution in [0.4, 0.5) is 0 Å². The maximum absolute atomic E-state index is 11.9. The average Bonchev–Trinajstić information content (AvgIpc) is 3.26. The van der Waals surface area contributed by atoms with E-state index in [1.54, 1.807) is 0 Å². The Balaban J connectivity index is 2.14. The van der Waals surface area contributed by atoms with Crippen molar-refractivity contribution in [1.29, 1.82) is 0 Å². The highest BCUT2D eigenvalue weighted by molar-refractivity contribution is 8.00. The molecule has 0 aliphatic heterocycles. The number of hydrogen-bond acceptors (Lipinski definition) is 5. The largest absolute Gasteiger partial charge is 0.468 e. The predicted octanol–water partition coefficient (Wildman–Crippen LogP) is 3.17. The quantitative estimate of drug-likeness (QED) is 0.398. The molecule has 1 aliphatic rings. The van der Waals surface area contributed by atoms with E-state index < -0.39 is 0 Å². The van der Waals surface area contributed by atoms with Crippen molar-refractivity contribution in [3.8, 4) is 0 Å². The van der Waals surface area contributed by atoms with Gasteiger partial charge in [0, 0.05) is 12.5 Å². The lowest BCUT2D eigenvalue weighted by molar-refractivity contribution is -0.140. The molecule has 0 amide bonds. The smallest absolute Gasteiger partial charge is 0.319 e. The SMILES string of the molecule is C=CCn1c(SC(CCCC)C(=O)OC)nnc1C1CC1. The highest BCUT2D eigenvalue weighted by atomic mass is 32.2. The maximum Gasteiger partial charge on any atom is 0.319 e. The van der Waals surface area contributed by atoms with Gasteiger partial charge in [0.05, 0.1) is 7.11 Å². The second-order valence-corrected chi connectivity index (χ2v) is 6.46. The Kier molecular flexibility index (Phi) is 5.85. The molecule has 0 spiro atoms. The van der Waals surface area contributed by atoms with Crippen molar-refractivity contribution < 1.29 is 9.53 Å². The van der Waals surface area contributed by atoms with Crippen molar-refractivity contribution >= 4 is 17.7 Å². The van der Waals surface area contributed by atoms with E-state index in [-0.39, 0.29) is 11.2 Å². The predicted molar refractivity (Wildman–Crippen MR) is 83.4 cm³/mol. The summed E-state index contributed by atoms with van der Waals surface area (Å²) in [5, 5.41) is 9.17. The van der Waals surface area contributed by atoms with Crippen LogP contribution in [0.2, 0.25) is 0 Å². The summed E-state index contributed by atoms with van der Waals surface area (Å²) in [7, 11) is 1.44. The van der Waals surface area contributed by atoms with Crippen LogP contribution in [0.5, 0.6) is 0 Å². The fraction of sp³-hybridized carbons (Fsp3) is 0.667. The third-order valence-electron chi connectivity index (χ3n) is 3.53. The van der Waals surface area contributed by atoms with Gasteiger partial charge in [-0.15, -0.1) is 16.8 Å². The first kappa shape index (κ1) is 16.1. The number of ether oxygens (including phenoxy) is 1.